The molecular weight excluding hydrogens is 486 g/mol. The normalized spacial score (nSPS) is 14.8. The number of rotatable bonds is 6. The summed E-state index contributed by atoms with van der Waals surface area (Å²) >= 11 is 2.98. The van der Waals surface area contributed by atoms with E-state index in [1.807, 2.05) is 24.4 Å². The first-order valence-electron chi connectivity index (χ1n) is 11.1. The molecule has 1 amide bonds. The fourth-order valence-corrected chi connectivity index (χ4v) is 5.99. The SMILES string of the molecule is CCc1c(C)nc(-n2nc(-c3cccs3)cc2NC(=O)CC2CSc3nc(C)cc(=O)n32)[nH]c1=O. The van der Waals surface area contributed by atoms with E-state index in [4.69, 9.17) is 0 Å². The van der Waals surface area contributed by atoms with Gasteiger partial charge in [-0.2, -0.15) is 9.78 Å². The number of aromatic amines is 1. The van der Waals surface area contributed by atoms with Gasteiger partial charge < -0.3 is 5.32 Å². The van der Waals surface area contributed by atoms with E-state index in [0.717, 1.165) is 4.88 Å². The second-order valence-electron chi connectivity index (χ2n) is 8.22. The second kappa shape index (κ2) is 9.27. The highest BCUT2D eigenvalue weighted by Gasteiger charge is 2.28. The number of carbonyl (C=O) groups is 1. The van der Waals surface area contributed by atoms with Crippen molar-refractivity contribution < 1.29 is 4.79 Å². The number of aryl methyl sites for hydroxylation is 2. The van der Waals surface area contributed by atoms with E-state index in [2.05, 4.69) is 25.4 Å². The van der Waals surface area contributed by atoms with Gasteiger partial charge in [0, 0.05) is 41.3 Å². The lowest BCUT2D eigenvalue weighted by atomic mass is 10.2. The van der Waals surface area contributed by atoms with Gasteiger partial charge in [-0.25, -0.2) is 9.97 Å². The van der Waals surface area contributed by atoms with Gasteiger partial charge in [0.25, 0.3) is 11.1 Å². The van der Waals surface area contributed by atoms with Gasteiger partial charge in [-0.05, 0) is 31.7 Å². The van der Waals surface area contributed by atoms with E-state index in [1.54, 1.807) is 24.5 Å². The van der Waals surface area contributed by atoms with Gasteiger partial charge >= 0.3 is 0 Å². The van der Waals surface area contributed by atoms with Crippen molar-refractivity contribution in [1.29, 1.82) is 0 Å². The van der Waals surface area contributed by atoms with Crippen LogP contribution < -0.4 is 16.4 Å². The first-order chi connectivity index (χ1) is 16.8. The van der Waals surface area contributed by atoms with Crippen LogP contribution in [0.25, 0.3) is 16.5 Å². The predicted octanol–water partition coefficient (Wildman–Crippen LogP) is 3.10. The number of thiophene rings is 1. The van der Waals surface area contributed by atoms with Crippen molar-refractivity contribution in [2.75, 3.05) is 11.1 Å². The number of hydrogen-bond donors (Lipinski definition) is 2. The molecule has 1 unspecified atom stereocenters. The molecule has 0 aliphatic carbocycles. The summed E-state index contributed by atoms with van der Waals surface area (Å²) in [7, 11) is 0. The number of thioether (sulfide) groups is 1. The van der Waals surface area contributed by atoms with E-state index in [-0.39, 0.29) is 35.4 Å². The molecule has 180 valence electrons. The third-order valence-corrected chi connectivity index (χ3v) is 7.74. The van der Waals surface area contributed by atoms with Crippen LogP contribution in [-0.4, -0.2) is 41.0 Å². The molecule has 0 aromatic carbocycles. The lowest BCUT2D eigenvalue weighted by Crippen LogP contribution is -2.28. The van der Waals surface area contributed by atoms with Gasteiger partial charge in [0.2, 0.25) is 11.9 Å². The number of nitrogens with one attached hydrogen (secondary N) is 2. The molecule has 5 heterocycles. The molecule has 0 saturated heterocycles. The zero-order chi connectivity index (χ0) is 24.7. The van der Waals surface area contributed by atoms with Crippen LogP contribution in [0.3, 0.4) is 0 Å². The Morgan fingerprint density at radius 1 is 1.26 bits per heavy atom. The summed E-state index contributed by atoms with van der Waals surface area (Å²) in [6.07, 6.45) is 0.661. The minimum absolute atomic E-state index is 0.0991. The number of hydrogen-bond acceptors (Lipinski definition) is 8. The van der Waals surface area contributed by atoms with Crippen LogP contribution in [0.5, 0.6) is 0 Å². The van der Waals surface area contributed by atoms with Crippen LogP contribution in [0.4, 0.5) is 5.82 Å². The van der Waals surface area contributed by atoms with Gasteiger partial charge in [-0.3, -0.25) is 23.9 Å². The van der Waals surface area contributed by atoms with Crippen molar-refractivity contribution in [2.45, 2.75) is 44.8 Å². The molecule has 35 heavy (non-hydrogen) atoms. The lowest BCUT2D eigenvalue weighted by Gasteiger charge is -2.14. The van der Waals surface area contributed by atoms with Gasteiger partial charge in [-0.1, -0.05) is 24.8 Å². The first-order valence-corrected chi connectivity index (χ1v) is 13.0. The Kier molecular flexibility index (Phi) is 6.15. The Morgan fingerprint density at radius 2 is 2.09 bits per heavy atom. The Balaban J connectivity index is 1.47. The van der Waals surface area contributed by atoms with Crippen molar-refractivity contribution >= 4 is 34.8 Å². The van der Waals surface area contributed by atoms with E-state index < -0.39 is 0 Å². The molecule has 0 saturated carbocycles. The van der Waals surface area contributed by atoms with Gasteiger partial charge in [0.1, 0.15) is 11.5 Å². The smallest absolute Gasteiger partial charge is 0.255 e. The van der Waals surface area contributed by atoms with Crippen LogP contribution in [0.2, 0.25) is 0 Å². The molecule has 1 aliphatic heterocycles. The molecule has 5 rings (SSSR count). The number of carbonyl (C=O) groups excluding carboxylic acids is 1. The quantitative estimate of drug-likeness (QED) is 0.382. The molecular formula is C23H23N7O3S2. The van der Waals surface area contributed by atoms with E-state index >= 15 is 0 Å². The van der Waals surface area contributed by atoms with Crippen molar-refractivity contribution in [3.63, 3.8) is 0 Å². The topological polar surface area (TPSA) is 128 Å². The average Bonchev–Trinajstić information content (AvgIpc) is 3.53. The molecule has 0 radical (unpaired) electrons. The molecule has 2 N–H and O–H groups in total. The summed E-state index contributed by atoms with van der Waals surface area (Å²) < 4.78 is 3.02. The van der Waals surface area contributed by atoms with Crippen molar-refractivity contribution in [3.05, 3.63) is 67.3 Å². The highest BCUT2D eigenvalue weighted by Crippen LogP contribution is 2.33. The Morgan fingerprint density at radius 3 is 2.80 bits per heavy atom. The zero-order valence-corrected chi connectivity index (χ0v) is 21.0. The maximum absolute atomic E-state index is 13.1. The Bertz CT molecular complexity index is 1540. The first kappa shape index (κ1) is 23.2. The fraction of sp³-hybridized carbons (Fsp3) is 0.304. The fourth-order valence-electron chi connectivity index (χ4n) is 4.11. The molecule has 10 nitrogen and oxygen atoms in total. The molecule has 0 bridgehead atoms. The number of fused-ring (bicyclic) bond motifs is 1. The number of amides is 1. The van der Waals surface area contributed by atoms with Gasteiger partial charge in [0.15, 0.2) is 5.16 Å². The Hall–Kier alpha value is -3.51. The predicted molar refractivity (Wildman–Crippen MR) is 136 cm³/mol. The summed E-state index contributed by atoms with van der Waals surface area (Å²) in [5.41, 5.74) is 2.13. The van der Waals surface area contributed by atoms with E-state index in [9.17, 15) is 14.4 Å². The largest absolute Gasteiger partial charge is 0.310 e. The summed E-state index contributed by atoms with van der Waals surface area (Å²) in [5.74, 6) is 0.913. The minimum Gasteiger partial charge on any atom is -0.310 e. The summed E-state index contributed by atoms with van der Waals surface area (Å²) in [6.45, 7) is 5.46. The number of nitrogens with zero attached hydrogens (tertiary/aromatic N) is 5. The highest BCUT2D eigenvalue weighted by molar-refractivity contribution is 7.99. The Labute approximate surface area is 208 Å². The van der Waals surface area contributed by atoms with E-state index in [1.165, 1.54) is 33.8 Å². The molecule has 1 aliphatic rings. The van der Waals surface area contributed by atoms with Crippen LogP contribution in [0, 0.1) is 13.8 Å². The summed E-state index contributed by atoms with van der Waals surface area (Å²) in [6, 6.07) is 6.78. The van der Waals surface area contributed by atoms with Crippen LogP contribution in [0.15, 0.2) is 44.4 Å². The van der Waals surface area contributed by atoms with Crippen molar-refractivity contribution in [1.82, 2.24) is 29.3 Å². The number of anilines is 1. The lowest BCUT2D eigenvalue weighted by molar-refractivity contribution is -0.116. The van der Waals surface area contributed by atoms with Crippen molar-refractivity contribution in [3.8, 4) is 16.5 Å². The monoisotopic (exact) mass is 509 g/mol. The average molecular weight is 510 g/mol. The van der Waals surface area contributed by atoms with Crippen LogP contribution >= 0.6 is 23.1 Å². The van der Waals surface area contributed by atoms with Crippen molar-refractivity contribution in [2.24, 2.45) is 0 Å². The third kappa shape index (κ3) is 4.46. The standard InChI is InChI=1S/C23H23N7O3S2/c1-4-15-13(3)25-22(27-21(15)33)30-18(10-16(28-30)17-6-5-7-34-17)26-19(31)9-14-11-35-23-24-12(2)8-20(32)29(14)23/h5-8,10,14H,4,9,11H2,1-3H3,(H,26,31)(H,25,27,33). The summed E-state index contributed by atoms with van der Waals surface area (Å²) in [4.78, 5) is 50.8. The third-order valence-electron chi connectivity index (χ3n) is 5.75. The number of aromatic nitrogens is 6. The van der Waals surface area contributed by atoms with Gasteiger partial charge in [0.05, 0.1) is 10.9 Å². The molecule has 4 aromatic rings. The van der Waals surface area contributed by atoms with Crippen LogP contribution in [-0.2, 0) is 11.2 Å². The summed E-state index contributed by atoms with van der Waals surface area (Å²) in [5, 5.41) is 10.1. The molecule has 1 atom stereocenters. The van der Waals surface area contributed by atoms with E-state index in [0.29, 0.717) is 45.8 Å². The highest BCUT2D eigenvalue weighted by atomic mass is 32.2. The molecule has 12 heteroatoms. The van der Waals surface area contributed by atoms with Gasteiger partial charge in [-0.15, -0.1) is 11.3 Å². The molecule has 0 fully saturated rings. The molecule has 4 aromatic heterocycles. The van der Waals surface area contributed by atoms with Crippen LogP contribution in [0.1, 0.15) is 36.3 Å². The second-order valence-corrected chi connectivity index (χ2v) is 10.2. The molecule has 0 spiro atoms. The maximum Gasteiger partial charge on any atom is 0.255 e. The maximum atomic E-state index is 13.1. The zero-order valence-electron chi connectivity index (χ0n) is 19.4. The number of H-pyrrole nitrogens is 1. The minimum atomic E-state index is -0.298.